The minimum Gasteiger partial charge on any atom is -0.351 e. The van der Waals surface area contributed by atoms with Gasteiger partial charge >= 0.3 is 0 Å². The fourth-order valence-electron chi connectivity index (χ4n) is 2.02. The van der Waals surface area contributed by atoms with E-state index in [0.717, 1.165) is 6.07 Å². The van der Waals surface area contributed by atoms with E-state index in [1.165, 1.54) is 10.7 Å². The predicted molar refractivity (Wildman–Crippen MR) is 71.8 cm³/mol. The number of rotatable bonds is 3. The Balaban J connectivity index is 1.92. The van der Waals surface area contributed by atoms with Crippen LogP contribution in [0, 0.1) is 11.6 Å². The van der Waals surface area contributed by atoms with Crippen LogP contribution in [0.4, 0.5) is 14.6 Å². The Hall–Kier alpha value is -2.64. The number of fused-ring (bicyclic) bond motifs is 1. The molecule has 8 heteroatoms. The fourth-order valence-corrected chi connectivity index (χ4v) is 2.02. The molecule has 0 saturated carbocycles. The first kappa shape index (κ1) is 13.3. The first-order valence-corrected chi connectivity index (χ1v) is 6.29. The molecule has 0 aliphatic heterocycles. The van der Waals surface area contributed by atoms with E-state index in [2.05, 4.69) is 20.6 Å². The lowest BCUT2D eigenvalue weighted by molar-refractivity contribution is 0.505. The molecule has 0 fully saturated rings. The zero-order valence-corrected chi connectivity index (χ0v) is 11.4. The van der Waals surface area contributed by atoms with Crippen LogP contribution in [0.25, 0.3) is 5.65 Å². The molecular weight excluding hydrogens is 278 g/mol. The molecule has 3 aromatic rings. The second-order valence-corrected chi connectivity index (χ2v) is 4.68. The van der Waals surface area contributed by atoms with Gasteiger partial charge in [-0.15, -0.1) is 14.8 Å². The quantitative estimate of drug-likeness (QED) is 0.738. The second kappa shape index (κ2) is 5.04. The van der Waals surface area contributed by atoms with Crippen LogP contribution in [0.15, 0.2) is 30.3 Å². The molecule has 0 radical (unpaired) electrons. The number of benzene rings is 1. The van der Waals surface area contributed by atoms with E-state index in [-0.39, 0.29) is 6.04 Å². The minimum absolute atomic E-state index is 0.193. The number of halogens is 2. The van der Waals surface area contributed by atoms with Crippen LogP contribution < -0.4 is 4.90 Å². The van der Waals surface area contributed by atoms with Gasteiger partial charge in [-0.1, -0.05) is 6.07 Å². The summed E-state index contributed by atoms with van der Waals surface area (Å²) in [4.78, 5) is 1.83. The second-order valence-electron chi connectivity index (χ2n) is 4.68. The summed E-state index contributed by atoms with van der Waals surface area (Å²) in [6.07, 6.45) is 0. The molecule has 21 heavy (non-hydrogen) atoms. The normalized spacial score (nSPS) is 12.6. The molecule has 0 spiro atoms. The van der Waals surface area contributed by atoms with Gasteiger partial charge in [0, 0.05) is 7.05 Å². The minimum atomic E-state index is -0.864. The largest absolute Gasteiger partial charge is 0.351 e. The maximum atomic E-state index is 13.3. The summed E-state index contributed by atoms with van der Waals surface area (Å²) in [7, 11) is 1.81. The summed E-state index contributed by atoms with van der Waals surface area (Å²) in [5.41, 5.74) is 1.18. The molecule has 2 heterocycles. The van der Waals surface area contributed by atoms with Gasteiger partial charge in [0.1, 0.15) is 0 Å². The average Bonchev–Trinajstić information content (AvgIpc) is 2.96. The van der Waals surface area contributed by atoms with Crippen molar-refractivity contribution in [2.75, 3.05) is 11.9 Å². The van der Waals surface area contributed by atoms with Crippen LogP contribution >= 0.6 is 0 Å². The first-order valence-electron chi connectivity index (χ1n) is 6.29. The third kappa shape index (κ3) is 2.39. The number of aromatic nitrogens is 5. The smallest absolute Gasteiger partial charge is 0.200 e. The highest BCUT2D eigenvalue weighted by Gasteiger charge is 2.16. The summed E-state index contributed by atoms with van der Waals surface area (Å²) >= 11 is 0. The van der Waals surface area contributed by atoms with Crippen molar-refractivity contribution in [1.82, 2.24) is 25.3 Å². The Labute approximate surface area is 119 Å². The van der Waals surface area contributed by atoms with Crippen molar-refractivity contribution in [2.24, 2.45) is 0 Å². The van der Waals surface area contributed by atoms with E-state index in [1.54, 1.807) is 18.2 Å². The van der Waals surface area contributed by atoms with Crippen LogP contribution in [-0.2, 0) is 0 Å². The summed E-state index contributed by atoms with van der Waals surface area (Å²) < 4.78 is 27.6. The number of nitrogens with zero attached hydrogens (tertiary/aromatic N) is 6. The molecule has 1 aromatic carbocycles. The Bertz CT molecular complexity index is 787. The van der Waals surface area contributed by atoms with Gasteiger partial charge in [-0.05, 0) is 47.2 Å². The molecule has 6 nitrogen and oxygen atoms in total. The zero-order valence-electron chi connectivity index (χ0n) is 11.4. The lowest BCUT2D eigenvalue weighted by atomic mass is 10.1. The Morgan fingerprint density at radius 3 is 2.71 bits per heavy atom. The van der Waals surface area contributed by atoms with E-state index in [9.17, 15) is 8.78 Å². The molecule has 0 N–H and O–H groups in total. The van der Waals surface area contributed by atoms with Crippen LogP contribution in [-0.4, -0.2) is 32.3 Å². The van der Waals surface area contributed by atoms with Gasteiger partial charge in [0.2, 0.25) is 0 Å². The van der Waals surface area contributed by atoms with Crippen molar-refractivity contribution in [3.05, 3.63) is 47.5 Å². The highest BCUT2D eigenvalue weighted by molar-refractivity contribution is 5.45. The van der Waals surface area contributed by atoms with Crippen LogP contribution in [0.3, 0.4) is 0 Å². The van der Waals surface area contributed by atoms with Gasteiger partial charge in [0.05, 0.1) is 6.04 Å². The maximum absolute atomic E-state index is 13.3. The maximum Gasteiger partial charge on any atom is 0.200 e. The van der Waals surface area contributed by atoms with Gasteiger partial charge in [-0.2, -0.15) is 0 Å². The number of hydrogen-bond acceptors (Lipinski definition) is 5. The summed E-state index contributed by atoms with van der Waals surface area (Å²) in [6, 6.07) is 7.16. The van der Waals surface area contributed by atoms with E-state index >= 15 is 0 Å². The molecule has 3 rings (SSSR count). The van der Waals surface area contributed by atoms with Crippen molar-refractivity contribution < 1.29 is 8.78 Å². The SMILES string of the molecule is CC(c1ccc(F)c(F)c1)N(C)c1ccc2nnnn2n1. The van der Waals surface area contributed by atoms with Gasteiger partial charge < -0.3 is 4.90 Å². The standard InChI is InChI=1S/C13H12F2N6/c1-8(9-3-4-10(14)11(15)7-9)20(2)13-6-5-12-16-18-19-21(12)17-13/h3-8H,1-2H3. The third-order valence-corrected chi connectivity index (χ3v) is 3.42. The topological polar surface area (TPSA) is 59.2 Å². The van der Waals surface area contributed by atoms with Gasteiger partial charge in [0.15, 0.2) is 23.1 Å². The van der Waals surface area contributed by atoms with Crippen molar-refractivity contribution in [3.8, 4) is 0 Å². The first-order chi connectivity index (χ1) is 10.1. The van der Waals surface area contributed by atoms with E-state index in [4.69, 9.17) is 0 Å². The van der Waals surface area contributed by atoms with Crippen molar-refractivity contribution in [2.45, 2.75) is 13.0 Å². The predicted octanol–water partition coefficient (Wildman–Crippen LogP) is 1.99. The molecule has 2 aromatic heterocycles. The highest BCUT2D eigenvalue weighted by Crippen LogP contribution is 2.24. The third-order valence-electron chi connectivity index (χ3n) is 3.42. The number of tetrazole rings is 1. The lowest BCUT2D eigenvalue weighted by Gasteiger charge is -2.26. The average molecular weight is 290 g/mol. The molecule has 1 unspecified atom stereocenters. The lowest BCUT2D eigenvalue weighted by Crippen LogP contribution is -2.23. The number of hydrogen-bond donors (Lipinski definition) is 0. The van der Waals surface area contributed by atoms with Crippen molar-refractivity contribution in [1.29, 1.82) is 0 Å². The van der Waals surface area contributed by atoms with Crippen LogP contribution in [0.2, 0.25) is 0 Å². The molecule has 0 aliphatic carbocycles. The molecule has 1 atom stereocenters. The Morgan fingerprint density at radius 2 is 1.95 bits per heavy atom. The zero-order chi connectivity index (χ0) is 15.0. The molecule has 0 saturated heterocycles. The number of anilines is 1. The summed E-state index contributed by atoms with van der Waals surface area (Å²) in [5.74, 6) is -1.11. The molecular formula is C13H12F2N6. The highest BCUT2D eigenvalue weighted by atomic mass is 19.2. The van der Waals surface area contributed by atoms with Crippen LogP contribution in [0.5, 0.6) is 0 Å². The van der Waals surface area contributed by atoms with Gasteiger partial charge in [-0.25, -0.2) is 8.78 Å². The van der Waals surface area contributed by atoms with E-state index < -0.39 is 11.6 Å². The summed E-state index contributed by atoms with van der Waals surface area (Å²) in [5, 5.41) is 15.3. The molecule has 0 amide bonds. The molecule has 0 aliphatic rings. The fraction of sp³-hybridized carbons (Fsp3) is 0.231. The Morgan fingerprint density at radius 1 is 1.14 bits per heavy atom. The van der Waals surface area contributed by atoms with Crippen LogP contribution in [0.1, 0.15) is 18.5 Å². The molecule has 0 bridgehead atoms. The monoisotopic (exact) mass is 290 g/mol. The van der Waals surface area contributed by atoms with E-state index in [0.29, 0.717) is 17.0 Å². The summed E-state index contributed by atoms with van der Waals surface area (Å²) in [6.45, 7) is 1.87. The van der Waals surface area contributed by atoms with E-state index in [1.807, 2.05) is 18.9 Å². The van der Waals surface area contributed by atoms with Gasteiger partial charge in [-0.3, -0.25) is 0 Å². The molecule has 108 valence electrons. The Kier molecular flexibility index (Phi) is 3.20. The van der Waals surface area contributed by atoms with Gasteiger partial charge in [0.25, 0.3) is 0 Å². The van der Waals surface area contributed by atoms with Crippen molar-refractivity contribution in [3.63, 3.8) is 0 Å². The van der Waals surface area contributed by atoms with Crippen molar-refractivity contribution >= 4 is 11.5 Å².